The highest BCUT2D eigenvalue weighted by atomic mass is 79.9. The lowest BCUT2D eigenvalue weighted by Crippen LogP contribution is -2.19. The molecule has 0 atom stereocenters. The third-order valence-corrected chi connectivity index (χ3v) is 1.53. The normalized spacial score (nSPS) is 11.4. The van der Waals surface area contributed by atoms with Gasteiger partial charge in [-0.3, -0.25) is 0 Å². The summed E-state index contributed by atoms with van der Waals surface area (Å²) in [5, 5.41) is 0. The van der Waals surface area contributed by atoms with E-state index in [-0.39, 0.29) is 5.75 Å². The second-order valence-electron chi connectivity index (χ2n) is 2.22. The highest BCUT2D eigenvalue weighted by Gasteiger charge is 2.28. The fourth-order valence-corrected chi connectivity index (χ4v) is 0.983. The second kappa shape index (κ2) is 3.95. The average Bonchev–Trinajstić information content (AvgIpc) is 2.00. The van der Waals surface area contributed by atoms with Crippen molar-refractivity contribution in [1.82, 2.24) is 4.98 Å². The Balaban J connectivity index is 2.55. The summed E-state index contributed by atoms with van der Waals surface area (Å²) in [4.78, 5) is 3.74. The Bertz CT molecular complexity index is 289. The Labute approximate surface area is 80.9 Å². The Morgan fingerprint density at radius 1 is 1.46 bits per heavy atom. The van der Waals surface area contributed by atoms with Gasteiger partial charge in [-0.2, -0.15) is 13.2 Å². The van der Waals surface area contributed by atoms with E-state index in [4.69, 9.17) is 0 Å². The molecule has 1 aromatic heterocycles. The Morgan fingerprint density at radius 2 is 2.15 bits per heavy atom. The van der Waals surface area contributed by atoms with Crippen molar-refractivity contribution in [2.75, 3.05) is 6.61 Å². The predicted molar refractivity (Wildman–Crippen MR) is 43.5 cm³/mol. The summed E-state index contributed by atoms with van der Waals surface area (Å²) >= 11 is 3.01. The van der Waals surface area contributed by atoms with Gasteiger partial charge in [0.1, 0.15) is 10.4 Å². The molecule has 1 heterocycles. The van der Waals surface area contributed by atoms with Gasteiger partial charge in [0.15, 0.2) is 6.61 Å². The summed E-state index contributed by atoms with van der Waals surface area (Å²) in [5.74, 6) is 0.138. The van der Waals surface area contributed by atoms with Crippen LogP contribution in [0.2, 0.25) is 0 Å². The van der Waals surface area contributed by atoms with Crippen LogP contribution in [0.25, 0.3) is 0 Å². The molecule has 0 spiro atoms. The van der Waals surface area contributed by atoms with E-state index < -0.39 is 12.8 Å². The van der Waals surface area contributed by atoms with Crippen molar-refractivity contribution in [1.29, 1.82) is 0 Å². The minimum absolute atomic E-state index is 0.138. The van der Waals surface area contributed by atoms with Crippen LogP contribution in [0.5, 0.6) is 5.75 Å². The van der Waals surface area contributed by atoms with Gasteiger partial charge in [0.2, 0.25) is 0 Å². The zero-order chi connectivity index (χ0) is 9.90. The van der Waals surface area contributed by atoms with Gasteiger partial charge in [-0.1, -0.05) is 0 Å². The standard InChI is InChI=1S/C7H5BrF3NO/c8-6-3-5(1-2-12-6)13-4-7(9,10)11/h1-3H,4H2. The molecule has 1 aromatic rings. The first kappa shape index (κ1) is 10.3. The molecular formula is C7H5BrF3NO. The molecule has 72 valence electrons. The quantitative estimate of drug-likeness (QED) is 0.759. The molecule has 0 fully saturated rings. The summed E-state index contributed by atoms with van der Waals surface area (Å²) in [7, 11) is 0. The zero-order valence-corrected chi connectivity index (χ0v) is 7.89. The first-order valence-corrected chi connectivity index (χ1v) is 4.08. The number of nitrogens with zero attached hydrogens (tertiary/aromatic N) is 1. The minimum Gasteiger partial charge on any atom is -0.484 e. The summed E-state index contributed by atoms with van der Waals surface area (Å²) in [6.45, 7) is -1.29. The van der Waals surface area contributed by atoms with Gasteiger partial charge < -0.3 is 4.74 Å². The van der Waals surface area contributed by atoms with E-state index in [1.165, 1.54) is 18.3 Å². The fourth-order valence-electron chi connectivity index (χ4n) is 0.640. The lowest BCUT2D eigenvalue weighted by Gasteiger charge is -2.08. The Morgan fingerprint density at radius 3 is 2.69 bits per heavy atom. The van der Waals surface area contributed by atoms with E-state index in [0.29, 0.717) is 4.60 Å². The van der Waals surface area contributed by atoms with Crippen molar-refractivity contribution >= 4 is 15.9 Å². The summed E-state index contributed by atoms with van der Waals surface area (Å²) in [6, 6.07) is 2.72. The van der Waals surface area contributed by atoms with E-state index in [9.17, 15) is 13.2 Å². The summed E-state index contributed by atoms with van der Waals surface area (Å²) < 4.78 is 40.0. The molecule has 0 radical (unpaired) electrons. The number of pyridine rings is 1. The first-order chi connectivity index (χ1) is 5.97. The summed E-state index contributed by atoms with van der Waals surface area (Å²) in [5.41, 5.74) is 0. The number of rotatable bonds is 2. The molecule has 1 rings (SSSR count). The molecule has 0 bridgehead atoms. The van der Waals surface area contributed by atoms with Gasteiger partial charge >= 0.3 is 6.18 Å². The SMILES string of the molecule is FC(F)(F)COc1ccnc(Br)c1. The lowest BCUT2D eigenvalue weighted by molar-refractivity contribution is -0.153. The Kier molecular flexibility index (Phi) is 3.13. The maximum atomic E-state index is 11.7. The largest absolute Gasteiger partial charge is 0.484 e. The molecule has 0 aromatic carbocycles. The average molecular weight is 256 g/mol. The highest BCUT2D eigenvalue weighted by Crippen LogP contribution is 2.19. The van der Waals surface area contributed by atoms with Gasteiger partial charge in [-0.15, -0.1) is 0 Å². The van der Waals surface area contributed by atoms with Crippen LogP contribution in [0.4, 0.5) is 13.2 Å². The number of aromatic nitrogens is 1. The van der Waals surface area contributed by atoms with Crippen LogP contribution in [0.15, 0.2) is 22.9 Å². The minimum atomic E-state index is -4.31. The van der Waals surface area contributed by atoms with E-state index in [1.54, 1.807) is 0 Å². The van der Waals surface area contributed by atoms with Crippen molar-refractivity contribution in [2.24, 2.45) is 0 Å². The number of alkyl halides is 3. The number of hydrogen-bond acceptors (Lipinski definition) is 2. The molecule has 0 saturated heterocycles. The molecule has 6 heteroatoms. The topological polar surface area (TPSA) is 22.1 Å². The van der Waals surface area contributed by atoms with E-state index in [0.717, 1.165) is 0 Å². The second-order valence-corrected chi connectivity index (χ2v) is 3.03. The van der Waals surface area contributed by atoms with Crippen LogP contribution in [-0.4, -0.2) is 17.8 Å². The third-order valence-electron chi connectivity index (χ3n) is 1.10. The van der Waals surface area contributed by atoms with Crippen molar-refractivity contribution in [2.45, 2.75) is 6.18 Å². The number of hydrogen-bond donors (Lipinski definition) is 0. The van der Waals surface area contributed by atoms with Crippen LogP contribution in [0, 0.1) is 0 Å². The fraction of sp³-hybridized carbons (Fsp3) is 0.286. The van der Waals surface area contributed by atoms with Crippen LogP contribution in [-0.2, 0) is 0 Å². The molecule has 0 aliphatic carbocycles. The van der Waals surface area contributed by atoms with Gasteiger partial charge in [-0.25, -0.2) is 4.98 Å². The van der Waals surface area contributed by atoms with E-state index in [1.807, 2.05) is 0 Å². The van der Waals surface area contributed by atoms with Gasteiger partial charge in [0.25, 0.3) is 0 Å². The molecule has 0 unspecified atom stereocenters. The van der Waals surface area contributed by atoms with Gasteiger partial charge in [0.05, 0.1) is 0 Å². The predicted octanol–water partition coefficient (Wildman–Crippen LogP) is 2.79. The first-order valence-electron chi connectivity index (χ1n) is 3.28. The molecule has 0 aliphatic rings. The molecule has 0 N–H and O–H groups in total. The maximum Gasteiger partial charge on any atom is 0.422 e. The van der Waals surface area contributed by atoms with Gasteiger partial charge in [0, 0.05) is 12.3 Å². The maximum absolute atomic E-state index is 11.7. The molecular weight excluding hydrogens is 251 g/mol. The van der Waals surface area contributed by atoms with Crippen molar-refractivity contribution in [3.63, 3.8) is 0 Å². The van der Waals surface area contributed by atoms with Crippen LogP contribution >= 0.6 is 15.9 Å². The smallest absolute Gasteiger partial charge is 0.422 e. The Hall–Kier alpha value is -0.780. The molecule has 0 saturated carbocycles. The zero-order valence-electron chi connectivity index (χ0n) is 6.31. The van der Waals surface area contributed by atoms with Crippen molar-refractivity contribution in [3.8, 4) is 5.75 Å². The van der Waals surface area contributed by atoms with E-state index >= 15 is 0 Å². The molecule has 2 nitrogen and oxygen atoms in total. The van der Waals surface area contributed by atoms with Crippen LogP contribution in [0.1, 0.15) is 0 Å². The van der Waals surface area contributed by atoms with Crippen LogP contribution < -0.4 is 4.74 Å². The summed E-state index contributed by atoms with van der Waals surface area (Å²) in [6.07, 6.45) is -2.95. The number of halogens is 4. The highest BCUT2D eigenvalue weighted by molar-refractivity contribution is 9.10. The van der Waals surface area contributed by atoms with Crippen LogP contribution in [0.3, 0.4) is 0 Å². The number of ether oxygens (including phenoxy) is 1. The third kappa shape index (κ3) is 4.12. The molecule has 0 aliphatic heterocycles. The van der Waals surface area contributed by atoms with Crippen molar-refractivity contribution in [3.05, 3.63) is 22.9 Å². The molecule has 0 amide bonds. The monoisotopic (exact) mass is 255 g/mol. The van der Waals surface area contributed by atoms with Gasteiger partial charge in [-0.05, 0) is 22.0 Å². The van der Waals surface area contributed by atoms with Crippen molar-refractivity contribution < 1.29 is 17.9 Å². The van der Waals surface area contributed by atoms with E-state index in [2.05, 4.69) is 25.7 Å². The lowest BCUT2D eigenvalue weighted by atomic mass is 10.4. The molecule has 13 heavy (non-hydrogen) atoms.